The maximum Gasteiger partial charge on any atom is 0.237 e. The molecule has 0 N–H and O–H groups in total. The maximum atomic E-state index is 13.4. The first kappa shape index (κ1) is 17.5. The number of nitrogens with zero attached hydrogens (tertiary/aromatic N) is 3. The van der Waals surface area contributed by atoms with Crippen LogP contribution in [0.25, 0.3) is 21.8 Å². The average molecular weight is 397 g/mol. The second-order valence-corrected chi connectivity index (χ2v) is 8.60. The number of benzene rings is 2. The van der Waals surface area contributed by atoms with Crippen molar-refractivity contribution in [2.45, 2.75) is 31.2 Å². The summed E-state index contributed by atoms with van der Waals surface area (Å²) in [5.41, 5.74) is 5.55. The van der Waals surface area contributed by atoms with Crippen LogP contribution in [0.4, 0.5) is 0 Å². The van der Waals surface area contributed by atoms with Crippen molar-refractivity contribution in [1.29, 1.82) is 0 Å². The van der Waals surface area contributed by atoms with Gasteiger partial charge in [-0.2, -0.15) is 0 Å². The number of aryl methyl sites for hydroxylation is 3. The number of para-hydroxylation sites is 2. The maximum absolute atomic E-state index is 13.4. The summed E-state index contributed by atoms with van der Waals surface area (Å²) in [5.74, 6) is -1.22. The second-order valence-electron chi connectivity index (χ2n) is 8.60. The van der Waals surface area contributed by atoms with Crippen LogP contribution < -0.4 is 0 Å². The van der Waals surface area contributed by atoms with Crippen molar-refractivity contribution in [2.24, 2.45) is 7.05 Å². The molecule has 2 atom stereocenters. The van der Waals surface area contributed by atoms with Crippen LogP contribution in [0.3, 0.4) is 0 Å². The Morgan fingerprint density at radius 3 is 2.33 bits per heavy atom. The fourth-order valence-corrected chi connectivity index (χ4v) is 5.59. The molecule has 0 bridgehead atoms. The van der Waals surface area contributed by atoms with Gasteiger partial charge in [0.15, 0.2) is 0 Å². The molecule has 4 heterocycles. The SMILES string of the molecule is CN1C(=O)[C@H](c2cn3c4c(cccc24)CCC3)[C@H](c2cn(C)c3ccccc23)C1=O. The third kappa shape index (κ3) is 2.18. The van der Waals surface area contributed by atoms with Gasteiger partial charge in [0.05, 0.1) is 17.4 Å². The van der Waals surface area contributed by atoms with Crippen molar-refractivity contribution in [1.82, 2.24) is 14.0 Å². The van der Waals surface area contributed by atoms with Crippen LogP contribution in [0.15, 0.2) is 54.9 Å². The molecule has 2 aromatic carbocycles. The number of carbonyl (C=O) groups excluding carboxylic acids is 2. The Morgan fingerprint density at radius 2 is 1.53 bits per heavy atom. The number of likely N-dealkylation sites (tertiary alicyclic amines) is 1. The molecular formula is C25H23N3O2. The van der Waals surface area contributed by atoms with E-state index in [1.54, 1.807) is 7.05 Å². The number of amides is 2. The fraction of sp³-hybridized carbons (Fsp3) is 0.280. The molecule has 2 amide bonds. The molecule has 0 spiro atoms. The summed E-state index contributed by atoms with van der Waals surface area (Å²) < 4.78 is 4.33. The Balaban J connectivity index is 1.61. The van der Waals surface area contributed by atoms with E-state index in [2.05, 4.69) is 35.0 Å². The fourth-order valence-electron chi connectivity index (χ4n) is 5.59. The summed E-state index contributed by atoms with van der Waals surface area (Å²) in [6.45, 7) is 0.955. The van der Waals surface area contributed by atoms with Gasteiger partial charge in [-0.1, -0.05) is 36.4 Å². The number of likely N-dealkylation sites (N-methyl/N-ethyl adjacent to an activating group) is 1. The van der Waals surface area contributed by atoms with E-state index in [1.807, 2.05) is 36.0 Å². The molecule has 0 saturated carbocycles. The van der Waals surface area contributed by atoms with Crippen LogP contribution in [0.5, 0.6) is 0 Å². The van der Waals surface area contributed by atoms with E-state index in [0.717, 1.165) is 46.8 Å². The predicted molar refractivity (Wildman–Crippen MR) is 116 cm³/mol. The lowest BCUT2D eigenvalue weighted by Gasteiger charge is -2.15. The number of aromatic nitrogens is 2. The van der Waals surface area contributed by atoms with E-state index in [0.29, 0.717) is 0 Å². The van der Waals surface area contributed by atoms with Crippen LogP contribution in [0.1, 0.15) is 34.9 Å². The van der Waals surface area contributed by atoms with E-state index >= 15 is 0 Å². The molecule has 30 heavy (non-hydrogen) atoms. The van der Waals surface area contributed by atoms with Gasteiger partial charge >= 0.3 is 0 Å². The summed E-state index contributed by atoms with van der Waals surface area (Å²) in [5, 5.41) is 2.15. The summed E-state index contributed by atoms with van der Waals surface area (Å²) in [6.07, 6.45) is 6.31. The van der Waals surface area contributed by atoms with Crippen molar-refractivity contribution in [2.75, 3.05) is 7.05 Å². The van der Waals surface area contributed by atoms with E-state index in [-0.39, 0.29) is 11.8 Å². The van der Waals surface area contributed by atoms with Crippen LogP contribution in [0, 0.1) is 0 Å². The van der Waals surface area contributed by atoms with E-state index in [1.165, 1.54) is 16.0 Å². The normalized spacial score (nSPS) is 21.3. The topological polar surface area (TPSA) is 47.2 Å². The molecule has 0 radical (unpaired) electrons. The van der Waals surface area contributed by atoms with Gasteiger partial charge in [-0.25, -0.2) is 0 Å². The quantitative estimate of drug-likeness (QED) is 0.481. The Labute approximate surface area is 174 Å². The second kappa shape index (κ2) is 6.08. The first-order valence-electron chi connectivity index (χ1n) is 10.5. The summed E-state index contributed by atoms with van der Waals surface area (Å²) >= 11 is 0. The first-order valence-corrected chi connectivity index (χ1v) is 10.5. The molecule has 1 saturated heterocycles. The van der Waals surface area contributed by atoms with Crippen molar-refractivity contribution in [3.8, 4) is 0 Å². The lowest BCUT2D eigenvalue weighted by Crippen LogP contribution is -2.25. The van der Waals surface area contributed by atoms with Crippen LogP contribution in [-0.4, -0.2) is 32.9 Å². The molecule has 5 heteroatoms. The van der Waals surface area contributed by atoms with E-state index in [4.69, 9.17) is 0 Å². The highest BCUT2D eigenvalue weighted by molar-refractivity contribution is 6.13. The average Bonchev–Trinajstić information content (AvgIpc) is 3.37. The van der Waals surface area contributed by atoms with Crippen molar-refractivity contribution >= 4 is 33.6 Å². The molecule has 5 nitrogen and oxygen atoms in total. The summed E-state index contributed by atoms with van der Waals surface area (Å²) in [6, 6.07) is 14.5. The first-order chi connectivity index (χ1) is 14.6. The van der Waals surface area contributed by atoms with Gasteiger partial charge in [0.2, 0.25) is 11.8 Å². The van der Waals surface area contributed by atoms with E-state index in [9.17, 15) is 9.59 Å². The zero-order chi connectivity index (χ0) is 20.6. The molecule has 4 aromatic rings. The minimum absolute atomic E-state index is 0.110. The molecule has 2 aromatic heterocycles. The van der Waals surface area contributed by atoms with Crippen molar-refractivity contribution < 1.29 is 9.59 Å². The molecule has 1 fully saturated rings. The highest BCUT2D eigenvalue weighted by Crippen LogP contribution is 2.46. The highest BCUT2D eigenvalue weighted by Gasteiger charge is 2.49. The molecule has 2 aliphatic heterocycles. The van der Waals surface area contributed by atoms with Gasteiger partial charge in [0.25, 0.3) is 0 Å². The lowest BCUT2D eigenvalue weighted by atomic mass is 9.83. The monoisotopic (exact) mass is 397 g/mol. The largest absolute Gasteiger partial charge is 0.350 e. The number of imide groups is 1. The van der Waals surface area contributed by atoms with E-state index < -0.39 is 11.8 Å². The minimum Gasteiger partial charge on any atom is -0.350 e. The van der Waals surface area contributed by atoms with Gasteiger partial charge in [0.1, 0.15) is 0 Å². The Hall–Kier alpha value is -3.34. The molecule has 0 aliphatic carbocycles. The standard InChI is InChI=1S/C25H23N3O2/c1-26-13-18(16-9-3-4-11-20(16)26)21-22(25(30)27(2)24(21)29)19-14-28-12-6-8-15-7-5-10-17(19)23(15)28/h3-5,7,9-11,13-14,21-22H,6,8,12H2,1-2H3/t21-,22+/m0/s1. The summed E-state index contributed by atoms with van der Waals surface area (Å²) in [7, 11) is 3.61. The number of rotatable bonds is 2. The Morgan fingerprint density at radius 1 is 0.833 bits per heavy atom. The van der Waals surface area contributed by atoms with Crippen molar-refractivity contribution in [3.63, 3.8) is 0 Å². The van der Waals surface area contributed by atoms with Gasteiger partial charge in [-0.15, -0.1) is 0 Å². The zero-order valence-electron chi connectivity index (χ0n) is 17.1. The number of fused-ring (bicyclic) bond motifs is 1. The Kier molecular flexibility index (Phi) is 3.55. The van der Waals surface area contributed by atoms with Crippen LogP contribution >= 0.6 is 0 Å². The third-order valence-corrected chi connectivity index (χ3v) is 6.98. The zero-order valence-corrected chi connectivity index (χ0v) is 17.1. The van der Waals surface area contributed by atoms with Crippen LogP contribution in [-0.2, 0) is 29.6 Å². The highest BCUT2D eigenvalue weighted by atomic mass is 16.2. The lowest BCUT2D eigenvalue weighted by molar-refractivity contribution is -0.137. The van der Waals surface area contributed by atoms with Crippen molar-refractivity contribution in [3.05, 3.63) is 71.5 Å². The molecular weight excluding hydrogens is 374 g/mol. The number of hydrogen-bond donors (Lipinski definition) is 0. The molecule has 150 valence electrons. The van der Waals surface area contributed by atoms with Crippen LogP contribution in [0.2, 0.25) is 0 Å². The third-order valence-electron chi connectivity index (χ3n) is 6.98. The molecule has 2 aliphatic rings. The Bertz CT molecular complexity index is 1360. The number of carbonyl (C=O) groups is 2. The summed E-state index contributed by atoms with van der Waals surface area (Å²) in [4.78, 5) is 28.0. The van der Waals surface area contributed by atoms with Gasteiger partial charge in [0, 0.05) is 49.3 Å². The minimum atomic E-state index is -0.503. The van der Waals surface area contributed by atoms with Gasteiger partial charge in [-0.05, 0) is 35.6 Å². The number of hydrogen-bond acceptors (Lipinski definition) is 2. The predicted octanol–water partition coefficient (Wildman–Crippen LogP) is 3.95. The van der Waals surface area contributed by atoms with Gasteiger partial charge < -0.3 is 9.13 Å². The van der Waals surface area contributed by atoms with Gasteiger partial charge in [-0.3, -0.25) is 14.5 Å². The smallest absolute Gasteiger partial charge is 0.237 e. The molecule has 0 unspecified atom stereocenters. The molecule has 6 rings (SSSR count).